The van der Waals surface area contributed by atoms with Crippen LogP contribution in [0.15, 0.2) is 24.3 Å². The van der Waals surface area contributed by atoms with E-state index in [1.165, 1.54) is 10.6 Å². The maximum atomic E-state index is 11.2. The SMILES string of the molecule is CCOC(=O)Nc1ccc([NH+]2CCOCC2)cc1.[Cl-]. The average Bonchev–Trinajstić information content (AvgIpc) is 2.41. The number of rotatable bonds is 3. The van der Waals surface area contributed by atoms with E-state index in [9.17, 15) is 4.79 Å². The van der Waals surface area contributed by atoms with Gasteiger partial charge in [0.2, 0.25) is 0 Å². The largest absolute Gasteiger partial charge is 1.00 e. The topological polar surface area (TPSA) is 52.0 Å². The lowest BCUT2D eigenvalue weighted by Gasteiger charge is -2.23. The van der Waals surface area contributed by atoms with Gasteiger partial charge >= 0.3 is 6.09 Å². The molecule has 0 unspecified atom stereocenters. The average molecular weight is 287 g/mol. The zero-order valence-electron chi connectivity index (χ0n) is 10.9. The second kappa shape index (κ2) is 7.99. The summed E-state index contributed by atoms with van der Waals surface area (Å²) in [5.74, 6) is 0. The Kier molecular flexibility index (Phi) is 6.62. The minimum absolute atomic E-state index is 0. The molecule has 0 aliphatic carbocycles. The first-order valence-corrected chi connectivity index (χ1v) is 6.26. The van der Waals surface area contributed by atoms with Gasteiger partial charge in [0.25, 0.3) is 0 Å². The molecule has 0 bridgehead atoms. The number of anilines is 1. The lowest BCUT2D eigenvalue weighted by Crippen LogP contribution is -3.09. The van der Waals surface area contributed by atoms with E-state index in [2.05, 4.69) is 5.32 Å². The fourth-order valence-corrected chi connectivity index (χ4v) is 1.98. The summed E-state index contributed by atoms with van der Waals surface area (Å²) >= 11 is 0. The summed E-state index contributed by atoms with van der Waals surface area (Å²) in [7, 11) is 0. The molecular formula is C13H19ClN2O3. The molecule has 1 amide bonds. The van der Waals surface area contributed by atoms with Gasteiger partial charge in [0.15, 0.2) is 0 Å². The molecule has 0 atom stereocenters. The van der Waals surface area contributed by atoms with Crippen molar-refractivity contribution < 1.29 is 31.6 Å². The number of ether oxygens (including phenoxy) is 2. The van der Waals surface area contributed by atoms with Gasteiger partial charge in [-0.05, 0) is 19.1 Å². The maximum Gasteiger partial charge on any atom is 0.411 e. The fourth-order valence-electron chi connectivity index (χ4n) is 1.98. The summed E-state index contributed by atoms with van der Waals surface area (Å²) < 4.78 is 10.2. The van der Waals surface area contributed by atoms with E-state index in [0.29, 0.717) is 6.61 Å². The van der Waals surface area contributed by atoms with Crippen molar-refractivity contribution in [1.82, 2.24) is 0 Å². The Hall–Kier alpha value is -1.30. The zero-order chi connectivity index (χ0) is 12.8. The van der Waals surface area contributed by atoms with E-state index < -0.39 is 6.09 Å². The first-order valence-electron chi connectivity index (χ1n) is 6.26. The lowest BCUT2D eigenvalue weighted by molar-refractivity contribution is -0.842. The smallest absolute Gasteiger partial charge is 0.411 e. The van der Waals surface area contributed by atoms with Gasteiger partial charge in [-0.15, -0.1) is 0 Å². The normalized spacial score (nSPS) is 15.4. The van der Waals surface area contributed by atoms with Crippen LogP contribution < -0.4 is 22.6 Å². The molecule has 1 aromatic carbocycles. The van der Waals surface area contributed by atoms with Gasteiger partial charge in [-0.1, -0.05) is 0 Å². The number of quaternary nitrogens is 1. The van der Waals surface area contributed by atoms with Crippen LogP contribution in [0.4, 0.5) is 16.2 Å². The van der Waals surface area contributed by atoms with Gasteiger partial charge in [-0.25, -0.2) is 4.79 Å². The Labute approximate surface area is 119 Å². The Bertz CT molecular complexity index is 391. The van der Waals surface area contributed by atoms with E-state index in [4.69, 9.17) is 9.47 Å². The molecule has 106 valence electrons. The van der Waals surface area contributed by atoms with Crippen molar-refractivity contribution in [3.8, 4) is 0 Å². The van der Waals surface area contributed by atoms with Crippen LogP contribution in [0, 0.1) is 0 Å². The third-order valence-corrected chi connectivity index (χ3v) is 2.91. The van der Waals surface area contributed by atoms with E-state index in [1.54, 1.807) is 6.92 Å². The van der Waals surface area contributed by atoms with Crippen LogP contribution in [-0.4, -0.2) is 39.0 Å². The van der Waals surface area contributed by atoms with E-state index >= 15 is 0 Å². The van der Waals surface area contributed by atoms with Crippen molar-refractivity contribution >= 4 is 17.5 Å². The van der Waals surface area contributed by atoms with E-state index in [0.717, 1.165) is 32.0 Å². The number of hydrogen-bond acceptors (Lipinski definition) is 3. The van der Waals surface area contributed by atoms with Crippen molar-refractivity contribution in [2.45, 2.75) is 6.92 Å². The molecule has 2 rings (SSSR count). The third kappa shape index (κ3) is 4.70. The summed E-state index contributed by atoms with van der Waals surface area (Å²) in [6, 6.07) is 7.86. The minimum atomic E-state index is -0.413. The van der Waals surface area contributed by atoms with Gasteiger partial charge in [0.1, 0.15) is 18.8 Å². The molecule has 1 aliphatic rings. The number of hydrogen-bond donors (Lipinski definition) is 2. The number of morpholine rings is 1. The summed E-state index contributed by atoms with van der Waals surface area (Å²) in [6.07, 6.45) is -0.413. The Morgan fingerprint density at radius 3 is 2.53 bits per heavy atom. The highest BCUT2D eigenvalue weighted by Crippen LogP contribution is 2.11. The molecule has 1 fully saturated rings. The number of benzene rings is 1. The highest BCUT2D eigenvalue weighted by molar-refractivity contribution is 5.84. The molecule has 0 spiro atoms. The van der Waals surface area contributed by atoms with Crippen LogP contribution in [0.2, 0.25) is 0 Å². The van der Waals surface area contributed by atoms with Gasteiger partial charge < -0.3 is 21.9 Å². The van der Waals surface area contributed by atoms with E-state index in [1.807, 2.05) is 24.3 Å². The molecule has 1 saturated heterocycles. The Morgan fingerprint density at radius 2 is 1.95 bits per heavy atom. The van der Waals surface area contributed by atoms with Crippen molar-refractivity contribution in [2.24, 2.45) is 0 Å². The molecule has 5 nitrogen and oxygen atoms in total. The number of nitrogens with one attached hydrogen (secondary N) is 2. The quantitative estimate of drug-likeness (QED) is 0.664. The molecule has 6 heteroatoms. The van der Waals surface area contributed by atoms with Gasteiger partial charge in [-0.3, -0.25) is 10.2 Å². The van der Waals surface area contributed by atoms with Crippen LogP contribution in [0.5, 0.6) is 0 Å². The van der Waals surface area contributed by atoms with Crippen molar-refractivity contribution in [1.29, 1.82) is 0 Å². The van der Waals surface area contributed by atoms with Crippen LogP contribution in [0.1, 0.15) is 6.92 Å². The van der Waals surface area contributed by atoms with Crippen LogP contribution in [-0.2, 0) is 9.47 Å². The predicted octanol–water partition coefficient (Wildman–Crippen LogP) is -2.19. The zero-order valence-corrected chi connectivity index (χ0v) is 11.7. The van der Waals surface area contributed by atoms with Gasteiger partial charge in [-0.2, -0.15) is 0 Å². The number of amides is 1. The first kappa shape index (κ1) is 15.8. The maximum absolute atomic E-state index is 11.2. The second-order valence-electron chi connectivity index (χ2n) is 4.14. The Morgan fingerprint density at radius 1 is 1.32 bits per heavy atom. The minimum Gasteiger partial charge on any atom is -1.00 e. The second-order valence-corrected chi connectivity index (χ2v) is 4.14. The van der Waals surface area contributed by atoms with Gasteiger partial charge in [0, 0.05) is 17.8 Å². The summed E-state index contributed by atoms with van der Waals surface area (Å²) in [6.45, 7) is 5.75. The van der Waals surface area contributed by atoms with Crippen molar-refractivity contribution in [3.63, 3.8) is 0 Å². The number of carbonyl (C=O) groups excluding carboxylic acids is 1. The standard InChI is InChI=1S/C13H18N2O3.ClH/c1-2-18-13(16)14-11-3-5-12(6-4-11)15-7-9-17-10-8-15;/h3-6H,2,7-10H2,1H3,(H,14,16);1H. The first-order chi connectivity index (χ1) is 8.79. The highest BCUT2D eigenvalue weighted by Gasteiger charge is 2.16. The molecule has 1 aromatic rings. The molecule has 0 radical (unpaired) electrons. The van der Waals surface area contributed by atoms with Crippen LogP contribution in [0.3, 0.4) is 0 Å². The van der Waals surface area contributed by atoms with Crippen LogP contribution >= 0.6 is 0 Å². The van der Waals surface area contributed by atoms with Crippen molar-refractivity contribution in [2.75, 3.05) is 38.2 Å². The predicted molar refractivity (Wildman–Crippen MR) is 68.3 cm³/mol. The third-order valence-electron chi connectivity index (χ3n) is 2.91. The molecule has 1 heterocycles. The Balaban J connectivity index is 0.00000180. The monoisotopic (exact) mass is 286 g/mol. The molecular weight excluding hydrogens is 268 g/mol. The fraction of sp³-hybridized carbons (Fsp3) is 0.462. The summed E-state index contributed by atoms with van der Waals surface area (Å²) in [5, 5.41) is 2.68. The highest BCUT2D eigenvalue weighted by atomic mass is 35.5. The molecule has 1 aliphatic heterocycles. The lowest BCUT2D eigenvalue weighted by atomic mass is 10.2. The van der Waals surface area contributed by atoms with E-state index in [-0.39, 0.29) is 12.4 Å². The van der Waals surface area contributed by atoms with Crippen molar-refractivity contribution in [3.05, 3.63) is 24.3 Å². The molecule has 0 saturated carbocycles. The number of carbonyl (C=O) groups is 1. The summed E-state index contributed by atoms with van der Waals surface area (Å²) in [5.41, 5.74) is 1.98. The number of halogens is 1. The molecule has 19 heavy (non-hydrogen) atoms. The van der Waals surface area contributed by atoms with Gasteiger partial charge in [0.05, 0.1) is 19.8 Å². The van der Waals surface area contributed by atoms with Crippen LogP contribution in [0.25, 0.3) is 0 Å². The summed E-state index contributed by atoms with van der Waals surface area (Å²) in [4.78, 5) is 12.7. The molecule has 2 N–H and O–H groups in total. The molecule has 0 aromatic heterocycles.